The molecule has 0 aliphatic carbocycles. The predicted molar refractivity (Wildman–Crippen MR) is 85.1 cm³/mol. The lowest BCUT2D eigenvalue weighted by molar-refractivity contribution is 0.102. The molecule has 1 heterocycles. The number of anilines is 1. The first-order valence-electron chi connectivity index (χ1n) is 6.52. The number of amides is 1. The summed E-state index contributed by atoms with van der Waals surface area (Å²) in [6.45, 7) is 3.82. The van der Waals surface area contributed by atoms with Gasteiger partial charge in [0.25, 0.3) is 5.91 Å². The third kappa shape index (κ3) is 4.21. The molecule has 2 aromatic rings. The van der Waals surface area contributed by atoms with Crippen LogP contribution >= 0.6 is 11.6 Å². The number of carbonyl (C=O) groups excluding carboxylic acids is 1. The van der Waals surface area contributed by atoms with Gasteiger partial charge in [-0.05, 0) is 37.6 Å². The van der Waals surface area contributed by atoms with E-state index < -0.39 is 0 Å². The summed E-state index contributed by atoms with van der Waals surface area (Å²) in [6, 6.07) is 5.24. The Bertz CT molecular complexity index is 733. The lowest BCUT2D eigenvalue weighted by Gasteiger charge is -2.07. The Morgan fingerprint density at radius 1 is 1.36 bits per heavy atom. The molecule has 1 N–H and O–H groups in total. The summed E-state index contributed by atoms with van der Waals surface area (Å²) in [4.78, 5) is 20.1. The number of halogens is 1. The number of aromatic nitrogens is 2. The third-order valence-electron chi connectivity index (χ3n) is 2.75. The van der Waals surface area contributed by atoms with E-state index in [0.717, 1.165) is 5.56 Å². The highest BCUT2D eigenvalue weighted by atomic mass is 35.5. The van der Waals surface area contributed by atoms with Crippen LogP contribution in [0, 0.1) is 18.8 Å². The van der Waals surface area contributed by atoms with Gasteiger partial charge in [-0.15, -0.1) is 5.92 Å². The minimum absolute atomic E-state index is 0.196. The Balaban J connectivity index is 2.02. The lowest BCUT2D eigenvalue weighted by atomic mass is 10.2. The maximum atomic E-state index is 12.1. The fourth-order valence-corrected chi connectivity index (χ4v) is 1.73. The van der Waals surface area contributed by atoms with Crippen molar-refractivity contribution in [2.24, 2.45) is 0 Å². The molecular weight excluding hydrogens is 302 g/mol. The van der Waals surface area contributed by atoms with Gasteiger partial charge in [0.15, 0.2) is 6.61 Å². The molecule has 2 rings (SSSR count). The summed E-state index contributed by atoms with van der Waals surface area (Å²) >= 11 is 5.95. The van der Waals surface area contributed by atoms with Crippen LogP contribution in [0.3, 0.4) is 0 Å². The van der Waals surface area contributed by atoms with Gasteiger partial charge in [-0.1, -0.05) is 17.5 Å². The summed E-state index contributed by atoms with van der Waals surface area (Å²) in [5.41, 5.74) is 1.72. The van der Waals surface area contributed by atoms with Crippen molar-refractivity contribution in [1.82, 2.24) is 9.97 Å². The lowest BCUT2D eigenvalue weighted by Crippen LogP contribution is -2.14. The van der Waals surface area contributed by atoms with Crippen molar-refractivity contribution in [3.8, 4) is 17.7 Å². The van der Waals surface area contributed by atoms with E-state index in [9.17, 15) is 4.79 Å². The standard InChI is InChI=1S/C16H14ClN3O2/c1-3-4-7-22-15-10-18-14(9-19-15)16(21)20-12-5-6-13(17)11(2)8-12/h5-6,8-10H,7H2,1-2H3,(H,20,21). The first-order chi connectivity index (χ1) is 10.6. The van der Waals surface area contributed by atoms with E-state index in [1.54, 1.807) is 25.1 Å². The second-order valence-electron chi connectivity index (χ2n) is 4.37. The molecule has 22 heavy (non-hydrogen) atoms. The highest BCUT2D eigenvalue weighted by Crippen LogP contribution is 2.19. The Kier molecular flexibility index (Phi) is 5.34. The van der Waals surface area contributed by atoms with Crippen LogP contribution in [0.4, 0.5) is 5.69 Å². The largest absolute Gasteiger partial charge is 0.463 e. The van der Waals surface area contributed by atoms with E-state index in [4.69, 9.17) is 16.3 Å². The normalized spacial score (nSPS) is 9.59. The first-order valence-corrected chi connectivity index (χ1v) is 6.90. The molecular formula is C16H14ClN3O2. The Morgan fingerprint density at radius 2 is 2.18 bits per heavy atom. The summed E-state index contributed by atoms with van der Waals surface area (Å²) in [5, 5.41) is 3.38. The first kappa shape index (κ1) is 15.8. The van der Waals surface area contributed by atoms with Crippen LogP contribution in [0.5, 0.6) is 5.88 Å². The molecule has 0 aliphatic heterocycles. The fourth-order valence-electron chi connectivity index (χ4n) is 1.61. The molecule has 0 radical (unpaired) electrons. The Morgan fingerprint density at radius 3 is 2.82 bits per heavy atom. The van der Waals surface area contributed by atoms with Crippen molar-refractivity contribution in [1.29, 1.82) is 0 Å². The summed E-state index contributed by atoms with van der Waals surface area (Å²) in [6.07, 6.45) is 2.74. The minimum Gasteiger partial charge on any atom is -0.463 e. The summed E-state index contributed by atoms with van der Waals surface area (Å²) < 4.78 is 5.23. The monoisotopic (exact) mass is 315 g/mol. The molecule has 0 spiro atoms. The zero-order chi connectivity index (χ0) is 15.9. The highest BCUT2D eigenvalue weighted by Gasteiger charge is 2.09. The van der Waals surface area contributed by atoms with Crippen LogP contribution in [0.1, 0.15) is 23.0 Å². The summed E-state index contributed by atoms with van der Waals surface area (Å²) in [7, 11) is 0. The van der Waals surface area contributed by atoms with E-state index in [-0.39, 0.29) is 18.2 Å². The van der Waals surface area contributed by atoms with E-state index >= 15 is 0 Å². The molecule has 6 heteroatoms. The fraction of sp³-hybridized carbons (Fsp3) is 0.188. The number of nitrogens with zero attached hydrogens (tertiary/aromatic N) is 2. The molecule has 0 aliphatic rings. The number of hydrogen-bond acceptors (Lipinski definition) is 4. The molecule has 0 saturated carbocycles. The molecule has 0 saturated heterocycles. The molecule has 112 valence electrons. The number of nitrogens with one attached hydrogen (secondary N) is 1. The van der Waals surface area contributed by atoms with Crippen LogP contribution in [0.15, 0.2) is 30.6 Å². The smallest absolute Gasteiger partial charge is 0.275 e. The zero-order valence-electron chi connectivity index (χ0n) is 12.2. The zero-order valence-corrected chi connectivity index (χ0v) is 12.9. The van der Waals surface area contributed by atoms with E-state index in [1.807, 2.05) is 6.92 Å². The average molecular weight is 316 g/mol. The van der Waals surface area contributed by atoms with Crippen LogP contribution < -0.4 is 10.1 Å². The highest BCUT2D eigenvalue weighted by molar-refractivity contribution is 6.31. The van der Waals surface area contributed by atoms with E-state index in [2.05, 4.69) is 27.1 Å². The van der Waals surface area contributed by atoms with Crippen LogP contribution in [-0.4, -0.2) is 22.5 Å². The summed E-state index contributed by atoms with van der Waals surface area (Å²) in [5.74, 6) is 5.42. The predicted octanol–water partition coefficient (Wildman–Crippen LogP) is 3.09. The van der Waals surface area contributed by atoms with Gasteiger partial charge < -0.3 is 10.1 Å². The molecule has 1 amide bonds. The maximum absolute atomic E-state index is 12.1. The van der Waals surface area contributed by atoms with Gasteiger partial charge in [-0.25, -0.2) is 9.97 Å². The van der Waals surface area contributed by atoms with Crippen molar-refractivity contribution in [2.45, 2.75) is 13.8 Å². The average Bonchev–Trinajstić information content (AvgIpc) is 2.52. The SMILES string of the molecule is CC#CCOc1cnc(C(=O)Nc2ccc(Cl)c(C)c2)cn1. The number of hydrogen-bond donors (Lipinski definition) is 1. The third-order valence-corrected chi connectivity index (χ3v) is 3.17. The van der Waals surface area contributed by atoms with Crippen LogP contribution in [0.25, 0.3) is 0 Å². The van der Waals surface area contributed by atoms with Gasteiger partial charge in [0.2, 0.25) is 5.88 Å². The second kappa shape index (κ2) is 7.43. The second-order valence-corrected chi connectivity index (χ2v) is 4.78. The number of ether oxygens (including phenoxy) is 1. The van der Waals surface area contributed by atoms with Gasteiger partial charge >= 0.3 is 0 Å². The quantitative estimate of drug-likeness (QED) is 0.881. The van der Waals surface area contributed by atoms with Crippen LogP contribution in [-0.2, 0) is 0 Å². The molecule has 5 nitrogen and oxygen atoms in total. The van der Waals surface area contributed by atoms with Gasteiger partial charge in [0, 0.05) is 10.7 Å². The van der Waals surface area contributed by atoms with Gasteiger partial charge in [0.05, 0.1) is 12.4 Å². The van der Waals surface area contributed by atoms with Crippen molar-refractivity contribution in [3.05, 3.63) is 46.9 Å². The molecule has 0 atom stereocenters. The number of rotatable bonds is 4. The van der Waals surface area contributed by atoms with E-state index in [1.165, 1.54) is 12.4 Å². The molecule has 0 fully saturated rings. The Labute approximate surface area is 133 Å². The number of aryl methyl sites for hydroxylation is 1. The topological polar surface area (TPSA) is 64.1 Å². The van der Waals surface area contributed by atoms with Crippen molar-refractivity contribution in [2.75, 3.05) is 11.9 Å². The minimum atomic E-state index is -0.353. The number of benzene rings is 1. The van der Waals surface area contributed by atoms with Crippen molar-refractivity contribution >= 4 is 23.2 Å². The molecule has 0 bridgehead atoms. The molecule has 1 aromatic heterocycles. The molecule has 1 aromatic carbocycles. The Hall–Kier alpha value is -2.58. The number of carbonyl (C=O) groups is 1. The maximum Gasteiger partial charge on any atom is 0.275 e. The van der Waals surface area contributed by atoms with Crippen LogP contribution in [0.2, 0.25) is 5.02 Å². The van der Waals surface area contributed by atoms with Gasteiger partial charge in [-0.2, -0.15) is 0 Å². The van der Waals surface area contributed by atoms with Gasteiger partial charge in [-0.3, -0.25) is 4.79 Å². The van der Waals surface area contributed by atoms with E-state index in [0.29, 0.717) is 16.6 Å². The van der Waals surface area contributed by atoms with Crippen molar-refractivity contribution < 1.29 is 9.53 Å². The van der Waals surface area contributed by atoms with Gasteiger partial charge in [0.1, 0.15) is 5.69 Å². The van der Waals surface area contributed by atoms with Crippen molar-refractivity contribution in [3.63, 3.8) is 0 Å². The molecule has 0 unspecified atom stereocenters.